The highest BCUT2D eigenvalue weighted by molar-refractivity contribution is 7.92. The molecule has 0 amide bonds. The number of benzene rings is 1. The molecular formula is C13H18N4O2S. The molecule has 0 aliphatic rings. The van der Waals surface area contributed by atoms with Gasteiger partial charge in [0.15, 0.2) is 5.03 Å². The average molecular weight is 294 g/mol. The van der Waals surface area contributed by atoms with Crippen LogP contribution in [0, 0.1) is 0 Å². The van der Waals surface area contributed by atoms with Gasteiger partial charge in [-0.05, 0) is 24.6 Å². The number of sulfonamides is 1. The maximum atomic E-state index is 12.2. The average Bonchev–Trinajstić information content (AvgIpc) is 2.88. The Hall–Kier alpha value is -1.86. The Labute approximate surface area is 118 Å². The van der Waals surface area contributed by atoms with Gasteiger partial charge in [-0.2, -0.15) is 8.42 Å². The number of nitrogens with two attached hydrogens (primary N) is 1. The van der Waals surface area contributed by atoms with Crippen molar-refractivity contribution in [3.8, 4) is 0 Å². The van der Waals surface area contributed by atoms with E-state index in [1.54, 1.807) is 18.2 Å². The van der Waals surface area contributed by atoms with Crippen molar-refractivity contribution >= 4 is 15.7 Å². The highest BCUT2D eigenvalue weighted by atomic mass is 32.2. The molecule has 0 aliphatic heterocycles. The molecule has 0 aliphatic carbocycles. The van der Waals surface area contributed by atoms with E-state index in [9.17, 15) is 8.42 Å². The highest BCUT2D eigenvalue weighted by Crippen LogP contribution is 2.18. The second-order valence-corrected chi connectivity index (χ2v) is 6.22. The minimum atomic E-state index is -3.65. The standard InChI is InChI=1S/C13H18N4O2S/c1-3-12-15-8-13(16-12)20(18,19)17-11-6-4-5-10(7-11)9(2)14/h4-9,17H,3,14H2,1-2H3,(H,15,16). The van der Waals surface area contributed by atoms with Crippen LogP contribution >= 0.6 is 0 Å². The fourth-order valence-electron chi connectivity index (χ4n) is 1.76. The molecule has 1 heterocycles. The molecule has 0 bridgehead atoms. The predicted molar refractivity (Wildman–Crippen MR) is 77.8 cm³/mol. The number of H-pyrrole nitrogens is 1. The van der Waals surface area contributed by atoms with Crippen LogP contribution in [-0.2, 0) is 16.4 Å². The Morgan fingerprint density at radius 2 is 2.20 bits per heavy atom. The summed E-state index contributed by atoms with van der Waals surface area (Å²) in [6.45, 7) is 3.74. The van der Waals surface area contributed by atoms with Crippen LogP contribution in [0.3, 0.4) is 0 Å². The molecule has 0 fully saturated rings. The van der Waals surface area contributed by atoms with Gasteiger partial charge in [0.2, 0.25) is 0 Å². The van der Waals surface area contributed by atoms with Gasteiger partial charge in [0.25, 0.3) is 10.0 Å². The summed E-state index contributed by atoms with van der Waals surface area (Å²) < 4.78 is 26.9. The number of aryl methyl sites for hydroxylation is 1. The lowest BCUT2D eigenvalue weighted by Crippen LogP contribution is -2.14. The number of aromatic nitrogens is 2. The predicted octanol–water partition coefficient (Wildman–Crippen LogP) is 1.79. The van der Waals surface area contributed by atoms with Crippen molar-refractivity contribution in [2.45, 2.75) is 31.3 Å². The number of hydrogen-bond acceptors (Lipinski definition) is 4. The first-order valence-corrected chi connectivity index (χ1v) is 7.83. The first-order valence-electron chi connectivity index (χ1n) is 6.34. The lowest BCUT2D eigenvalue weighted by molar-refractivity contribution is 0.598. The third-order valence-electron chi connectivity index (χ3n) is 2.89. The molecule has 20 heavy (non-hydrogen) atoms. The van der Waals surface area contributed by atoms with Gasteiger partial charge in [-0.15, -0.1) is 0 Å². The Morgan fingerprint density at radius 3 is 2.80 bits per heavy atom. The van der Waals surface area contributed by atoms with Gasteiger partial charge in [0.1, 0.15) is 5.82 Å². The molecule has 2 aromatic rings. The molecule has 4 N–H and O–H groups in total. The first kappa shape index (κ1) is 14.5. The fourth-order valence-corrected chi connectivity index (χ4v) is 2.75. The smallest absolute Gasteiger partial charge is 0.278 e. The number of aromatic amines is 1. The molecule has 0 saturated heterocycles. The summed E-state index contributed by atoms with van der Waals surface area (Å²) in [7, 11) is -3.65. The summed E-state index contributed by atoms with van der Waals surface area (Å²) in [6, 6.07) is 6.87. The monoisotopic (exact) mass is 294 g/mol. The summed E-state index contributed by atoms with van der Waals surface area (Å²) >= 11 is 0. The van der Waals surface area contributed by atoms with E-state index in [0.29, 0.717) is 17.9 Å². The normalized spacial score (nSPS) is 13.2. The van der Waals surface area contributed by atoms with Crippen molar-refractivity contribution in [2.24, 2.45) is 5.73 Å². The molecule has 108 valence electrons. The summed E-state index contributed by atoms with van der Waals surface area (Å²) in [4.78, 5) is 6.77. The second-order valence-electron chi connectivity index (χ2n) is 4.57. The zero-order valence-corrected chi connectivity index (χ0v) is 12.2. The van der Waals surface area contributed by atoms with Crippen LogP contribution in [0.15, 0.2) is 35.5 Å². The van der Waals surface area contributed by atoms with Crippen LogP contribution in [0.2, 0.25) is 0 Å². The molecule has 1 aromatic heterocycles. The number of hydrogen-bond donors (Lipinski definition) is 3. The quantitative estimate of drug-likeness (QED) is 0.782. The number of rotatable bonds is 5. The maximum Gasteiger partial charge on any atom is 0.278 e. The van der Waals surface area contributed by atoms with E-state index in [0.717, 1.165) is 5.56 Å². The zero-order valence-electron chi connectivity index (χ0n) is 11.4. The van der Waals surface area contributed by atoms with Gasteiger partial charge in [0, 0.05) is 18.2 Å². The molecule has 7 heteroatoms. The number of nitrogens with one attached hydrogen (secondary N) is 2. The topological polar surface area (TPSA) is 101 Å². The van der Waals surface area contributed by atoms with E-state index < -0.39 is 10.0 Å². The van der Waals surface area contributed by atoms with E-state index in [4.69, 9.17) is 5.73 Å². The van der Waals surface area contributed by atoms with Crippen LogP contribution < -0.4 is 10.5 Å². The number of imidazole rings is 1. The summed E-state index contributed by atoms with van der Waals surface area (Å²) in [6.07, 6.45) is 1.96. The number of anilines is 1. The molecule has 1 atom stereocenters. The van der Waals surface area contributed by atoms with Gasteiger partial charge < -0.3 is 10.7 Å². The Bertz CT molecular complexity index is 692. The van der Waals surface area contributed by atoms with E-state index in [-0.39, 0.29) is 11.1 Å². The van der Waals surface area contributed by atoms with Crippen molar-refractivity contribution in [3.05, 3.63) is 41.9 Å². The summed E-state index contributed by atoms with van der Waals surface area (Å²) in [5.41, 5.74) is 7.13. The molecule has 0 spiro atoms. The van der Waals surface area contributed by atoms with E-state index in [1.165, 1.54) is 6.20 Å². The second kappa shape index (κ2) is 5.64. The van der Waals surface area contributed by atoms with Gasteiger partial charge in [-0.3, -0.25) is 4.72 Å². The Balaban J connectivity index is 2.26. The third-order valence-corrected chi connectivity index (χ3v) is 4.19. The zero-order chi connectivity index (χ0) is 14.8. The van der Waals surface area contributed by atoms with Crippen molar-refractivity contribution in [2.75, 3.05) is 4.72 Å². The molecule has 1 unspecified atom stereocenters. The molecule has 2 rings (SSSR count). The first-order chi connectivity index (χ1) is 9.42. The molecule has 1 aromatic carbocycles. The lowest BCUT2D eigenvalue weighted by Gasteiger charge is -2.10. The van der Waals surface area contributed by atoms with Crippen molar-refractivity contribution < 1.29 is 8.42 Å². The van der Waals surface area contributed by atoms with E-state index in [1.807, 2.05) is 19.9 Å². The van der Waals surface area contributed by atoms with Crippen LogP contribution in [0.4, 0.5) is 5.69 Å². The SMILES string of the molecule is CCc1ncc(S(=O)(=O)Nc2cccc(C(C)N)c2)[nH]1. The fraction of sp³-hybridized carbons (Fsp3) is 0.308. The third kappa shape index (κ3) is 3.17. The Kier molecular flexibility index (Phi) is 4.10. The summed E-state index contributed by atoms with van der Waals surface area (Å²) in [5, 5.41) is 0.0561. The van der Waals surface area contributed by atoms with Crippen LogP contribution in [-0.4, -0.2) is 18.4 Å². The van der Waals surface area contributed by atoms with Crippen LogP contribution in [0.5, 0.6) is 0 Å². The van der Waals surface area contributed by atoms with E-state index in [2.05, 4.69) is 14.7 Å². The van der Waals surface area contributed by atoms with Crippen LogP contribution in [0.25, 0.3) is 0 Å². The van der Waals surface area contributed by atoms with E-state index >= 15 is 0 Å². The van der Waals surface area contributed by atoms with Crippen molar-refractivity contribution in [1.29, 1.82) is 0 Å². The van der Waals surface area contributed by atoms with Crippen LogP contribution in [0.1, 0.15) is 31.3 Å². The number of nitrogens with zero attached hydrogens (tertiary/aromatic N) is 1. The molecule has 0 radical (unpaired) electrons. The van der Waals surface area contributed by atoms with Gasteiger partial charge in [-0.25, -0.2) is 4.98 Å². The maximum absolute atomic E-state index is 12.2. The van der Waals surface area contributed by atoms with Crippen molar-refractivity contribution in [3.63, 3.8) is 0 Å². The lowest BCUT2D eigenvalue weighted by atomic mass is 10.1. The van der Waals surface area contributed by atoms with Crippen molar-refractivity contribution in [1.82, 2.24) is 9.97 Å². The van der Waals surface area contributed by atoms with Gasteiger partial charge in [-0.1, -0.05) is 19.1 Å². The molecule has 6 nitrogen and oxygen atoms in total. The minimum Gasteiger partial charge on any atom is -0.332 e. The molecular weight excluding hydrogens is 276 g/mol. The van der Waals surface area contributed by atoms with Gasteiger partial charge >= 0.3 is 0 Å². The minimum absolute atomic E-state index is 0.0561. The molecule has 0 saturated carbocycles. The highest BCUT2D eigenvalue weighted by Gasteiger charge is 2.17. The Morgan fingerprint density at radius 1 is 1.45 bits per heavy atom. The van der Waals surface area contributed by atoms with Gasteiger partial charge in [0.05, 0.1) is 6.20 Å². The summed E-state index contributed by atoms with van der Waals surface area (Å²) in [5.74, 6) is 0.634. The largest absolute Gasteiger partial charge is 0.332 e.